The van der Waals surface area contributed by atoms with Gasteiger partial charge in [0, 0.05) is 23.8 Å². The Morgan fingerprint density at radius 2 is 2.29 bits per heavy atom. The molecule has 1 unspecified atom stereocenters. The van der Waals surface area contributed by atoms with Crippen LogP contribution in [0.15, 0.2) is 18.2 Å². The molecule has 1 aliphatic heterocycles. The zero-order valence-corrected chi connectivity index (χ0v) is 9.97. The molecule has 1 atom stereocenters. The minimum absolute atomic E-state index is 0.0899. The largest absolute Gasteiger partial charge is 0.383 e. The number of hydrogen-bond acceptors (Lipinski definition) is 2. The van der Waals surface area contributed by atoms with E-state index in [1.165, 1.54) is 18.9 Å². The molecule has 0 aliphatic carbocycles. The van der Waals surface area contributed by atoms with Gasteiger partial charge < -0.3 is 10.6 Å². The Hall–Kier alpha value is -1.16. The summed E-state index contributed by atoms with van der Waals surface area (Å²) in [6, 6.07) is 5.28. The summed E-state index contributed by atoms with van der Waals surface area (Å²) in [6.07, 6.45) is 0.0100. The van der Waals surface area contributed by atoms with Crippen molar-refractivity contribution < 1.29 is 8.78 Å². The molecule has 1 saturated heterocycles. The molecular weight excluding hydrogens is 222 g/mol. The van der Waals surface area contributed by atoms with E-state index in [9.17, 15) is 8.78 Å². The predicted molar refractivity (Wildman–Crippen MR) is 65.7 cm³/mol. The van der Waals surface area contributed by atoms with Gasteiger partial charge in [0.2, 0.25) is 0 Å². The van der Waals surface area contributed by atoms with Crippen molar-refractivity contribution in [3.8, 4) is 0 Å². The molecule has 0 bridgehead atoms. The van der Waals surface area contributed by atoms with Gasteiger partial charge in [0.15, 0.2) is 0 Å². The molecule has 0 aromatic heterocycles. The smallest absolute Gasteiger partial charge is 0.263 e. The standard InChI is InChI=1S/C13H18F2N2/c1-9-7-10(13(14)15)4-5-12(9)17-8-11-3-2-6-16-11/h4-5,7,11,13,16-17H,2-3,6,8H2,1H3. The van der Waals surface area contributed by atoms with Crippen LogP contribution >= 0.6 is 0 Å². The lowest BCUT2D eigenvalue weighted by atomic mass is 10.1. The van der Waals surface area contributed by atoms with Crippen LogP contribution in [0.4, 0.5) is 14.5 Å². The first-order chi connectivity index (χ1) is 8.16. The van der Waals surface area contributed by atoms with E-state index < -0.39 is 6.43 Å². The van der Waals surface area contributed by atoms with Crippen LogP contribution in [-0.4, -0.2) is 19.1 Å². The summed E-state index contributed by atoms with van der Waals surface area (Å²) in [5.41, 5.74) is 1.91. The molecule has 1 aliphatic rings. The van der Waals surface area contributed by atoms with Crippen molar-refractivity contribution in [1.82, 2.24) is 5.32 Å². The monoisotopic (exact) mass is 240 g/mol. The van der Waals surface area contributed by atoms with Crippen LogP contribution in [0.25, 0.3) is 0 Å². The lowest BCUT2D eigenvalue weighted by molar-refractivity contribution is 0.151. The second kappa shape index (κ2) is 5.45. The number of hydrogen-bond donors (Lipinski definition) is 2. The van der Waals surface area contributed by atoms with Gasteiger partial charge in [-0.3, -0.25) is 0 Å². The second-order valence-electron chi connectivity index (χ2n) is 4.55. The van der Waals surface area contributed by atoms with Crippen molar-refractivity contribution in [3.05, 3.63) is 29.3 Å². The van der Waals surface area contributed by atoms with Gasteiger partial charge >= 0.3 is 0 Å². The molecule has 0 spiro atoms. The fraction of sp³-hybridized carbons (Fsp3) is 0.538. The summed E-state index contributed by atoms with van der Waals surface area (Å²) >= 11 is 0. The summed E-state index contributed by atoms with van der Waals surface area (Å²) in [5.74, 6) is 0. The Morgan fingerprint density at radius 3 is 2.88 bits per heavy atom. The van der Waals surface area contributed by atoms with Crippen molar-refractivity contribution in [2.45, 2.75) is 32.2 Å². The number of nitrogens with one attached hydrogen (secondary N) is 2. The number of benzene rings is 1. The third kappa shape index (κ3) is 3.16. The van der Waals surface area contributed by atoms with Gasteiger partial charge in [-0.15, -0.1) is 0 Å². The zero-order valence-electron chi connectivity index (χ0n) is 9.97. The van der Waals surface area contributed by atoms with E-state index in [4.69, 9.17) is 0 Å². The first kappa shape index (κ1) is 12.3. The van der Waals surface area contributed by atoms with Crippen molar-refractivity contribution in [2.24, 2.45) is 0 Å². The van der Waals surface area contributed by atoms with Crippen LogP contribution in [-0.2, 0) is 0 Å². The lowest BCUT2D eigenvalue weighted by Crippen LogP contribution is -2.29. The van der Waals surface area contributed by atoms with Gasteiger partial charge in [-0.2, -0.15) is 0 Å². The fourth-order valence-corrected chi connectivity index (χ4v) is 2.19. The fourth-order valence-electron chi connectivity index (χ4n) is 2.19. The highest BCUT2D eigenvalue weighted by Crippen LogP contribution is 2.24. The van der Waals surface area contributed by atoms with E-state index >= 15 is 0 Å². The minimum atomic E-state index is -2.39. The van der Waals surface area contributed by atoms with Gasteiger partial charge in [-0.25, -0.2) is 8.78 Å². The van der Waals surface area contributed by atoms with Crippen LogP contribution < -0.4 is 10.6 Å². The summed E-state index contributed by atoms with van der Waals surface area (Å²) in [5, 5.41) is 6.71. The highest BCUT2D eigenvalue weighted by atomic mass is 19.3. The number of aryl methyl sites for hydroxylation is 1. The molecule has 2 nitrogen and oxygen atoms in total. The molecule has 1 fully saturated rings. The Kier molecular flexibility index (Phi) is 3.94. The average molecular weight is 240 g/mol. The minimum Gasteiger partial charge on any atom is -0.383 e. The molecule has 0 saturated carbocycles. The average Bonchev–Trinajstić information content (AvgIpc) is 2.80. The van der Waals surface area contributed by atoms with Gasteiger partial charge in [0.25, 0.3) is 6.43 Å². The molecule has 0 radical (unpaired) electrons. The third-order valence-corrected chi connectivity index (χ3v) is 3.20. The number of alkyl halides is 2. The lowest BCUT2D eigenvalue weighted by Gasteiger charge is -2.15. The molecule has 0 amide bonds. The Labute approximate surface area is 100 Å². The highest BCUT2D eigenvalue weighted by molar-refractivity contribution is 5.52. The Bertz CT molecular complexity index is 374. The number of halogens is 2. The first-order valence-corrected chi connectivity index (χ1v) is 6.03. The van der Waals surface area contributed by atoms with Crippen LogP contribution in [0.3, 0.4) is 0 Å². The molecule has 17 heavy (non-hydrogen) atoms. The van der Waals surface area contributed by atoms with E-state index in [-0.39, 0.29) is 5.56 Å². The zero-order chi connectivity index (χ0) is 12.3. The second-order valence-corrected chi connectivity index (χ2v) is 4.55. The summed E-state index contributed by atoms with van der Waals surface area (Å²) in [6.45, 7) is 3.79. The maximum absolute atomic E-state index is 12.5. The van der Waals surface area contributed by atoms with Crippen LogP contribution in [0.1, 0.15) is 30.4 Å². The molecular formula is C13H18F2N2. The Morgan fingerprint density at radius 1 is 1.47 bits per heavy atom. The van der Waals surface area contributed by atoms with Crippen molar-refractivity contribution in [1.29, 1.82) is 0 Å². The molecule has 2 rings (SSSR count). The quantitative estimate of drug-likeness (QED) is 0.845. The van der Waals surface area contributed by atoms with Crippen molar-refractivity contribution in [2.75, 3.05) is 18.4 Å². The molecule has 2 N–H and O–H groups in total. The van der Waals surface area contributed by atoms with Gasteiger partial charge in [0.1, 0.15) is 0 Å². The maximum atomic E-state index is 12.5. The van der Waals surface area contributed by atoms with Crippen molar-refractivity contribution in [3.63, 3.8) is 0 Å². The predicted octanol–water partition coefficient (Wildman–Crippen LogP) is 3.10. The molecule has 1 heterocycles. The van der Waals surface area contributed by atoms with E-state index in [1.807, 2.05) is 6.92 Å². The Balaban J connectivity index is 1.96. The number of anilines is 1. The summed E-state index contributed by atoms with van der Waals surface area (Å²) < 4.78 is 25.0. The van der Waals surface area contributed by atoms with Crippen LogP contribution in [0.2, 0.25) is 0 Å². The third-order valence-electron chi connectivity index (χ3n) is 3.20. The van der Waals surface area contributed by atoms with Crippen molar-refractivity contribution >= 4 is 5.69 Å². The SMILES string of the molecule is Cc1cc(C(F)F)ccc1NCC1CCCN1. The molecule has 94 valence electrons. The normalized spacial score (nSPS) is 19.9. The molecule has 4 heteroatoms. The number of rotatable bonds is 4. The molecule has 1 aromatic rings. The van der Waals surface area contributed by atoms with Crippen LogP contribution in [0.5, 0.6) is 0 Å². The first-order valence-electron chi connectivity index (χ1n) is 6.03. The summed E-state index contributed by atoms with van der Waals surface area (Å²) in [7, 11) is 0. The van der Waals surface area contributed by atoms with Gasteiger partial charge in [0.05, 0.1) is 0 Å². The molecule has 1 aromatic carbocycles. The van der Waals surface area contributed by atoms with E-state index in [0.29, 0.717) is 6.04 Å². The van der Waals surface area contributed by atoms with Gasteiger partial charge in [-0.05, 0) is 44.0 Å². The van der Waals surface area contributed by atoms with Crippen LogP contribution in [0, 0.1) is 6.92 Å². The van der Waals surface area contributed by atoms with E-state index in [1.54, 1.807) is 12.1 Å². The van der Waals surface area contributed by atoms with E-state index in [2.05, 4.69) is 10.6 Å². The maximum Gasteiger partial charge on any atom is 0.263 e. The van der Waals surface area contributed by atoms with E-state index in [0.717, 1.165) is 24.3 Å². The summed E-state index contributed by atoms with van der Waals surface area (Å²) in [4.78, 5) is 0. The van der Waals surface area contributed by atoms with Gasteiger partial charge in [-0.1, -0.05) is 6.07 Å². The highest BCUT2D eigenvalue weighted by Gasteiger charge is 2.14. The topological polar surface area (TPSA) is 24.1 Å².